The first kappa shape index (κ1) is 23.1. The molecule has 3 aliphatic rings. The number of ketones is 1. The highest BCUT2D eigenvalue weighted by molar-refractivity contribution is 6.12. The van der Waals surface area contributed by atoms with Gasteiger partial charge in [-0.3, -0.25) is 9.59 Å². The molecule has 3 atom stereocenters. The zero-order valence-corrected chi connectivity index (χ0v) is 19.3. The molecule has 0 aromatic heterocycles. The van der Waals surface area contributed by atoms with E-state index in [4.69, 9.17) is 9.47 Å². The molecule has 7 nitrogen and oxygen atoms in total. The summed E-state index contributed by atoms with van der Waals surface area (Å²) in [6.45, 7) is 3.65. The molecule has 0 bridgehead atoms. The summed E-state index contributed by atoms with van der Waals surface area (Å²) in [5.41, 5.74) is 2.64. The molecule has 0 amide bonds. The molecule has 7 heteroatoms. The van der Waals surface area contributed by atoms with E-state index in [-0.39, 0.29) is 23.6 Å². The second-order valence-corrected chi connectivity index (χ2v) is 9.30. The SMILES string of the molecule is COC(=O)[C@@H]1C(=O)C2=C(C[C@@H]1C)NC(C)=C(C(=O)OC1CCCCC1)[C@@H]2c1cccc(O)c1. The predicted molar refractivity (Wildman–Crippen MR) is 121 cm³/mol. The van der Waals surface area contributed by atoms with Crippen LogP contribution >= 0.6 is 0 Å². The summed E-state index contributed by atoms with van der Waals surface area (Å²) < 4.78 is 10.8. The van der Waals surface area contributed by atoms with Crippen molar-refractivity contribution in [2.75, 3.05) is 7.11 Å². The van der Waals surface area contributed by atoms with Gasteiger partial charge in [-0.1, -0.05) is 25.5 Å². The molecule has 0 radical (unpaired) electrons. The van der Waals surface area contributed by atoms with Gasteiger partial charge in [0.25, 0.3) is 0 Å². The van der Waals surface area contributed by atoms with Crippen LogP contribution in [0, 0.1) is 11.8 Å². The van der Waals surface area contributed by atoms with E-state index in [0.717, 1.165) is 32.1 Å². The van der Waals surface area contributed by atoms with E-state index in [0.29, 0.717) is 34.5 Å². The van der Waals surface area contributed by atoms with Gasteiger partial charge >= 0.3 is 11.9 Å². The Kier molecular flexibility index (Phi) is 6.58. The normalized spacial score (nSPS) is 25.9. The van der Waals surface area contributed by atoms with Crippen molar-refractivity contribution >= 4 is 17.7 Å². The lowest BCUT2D eigenvalue weighted by atomic mass is 9.69. The maximum Gasteiger partial charge on any atom is 0.337 e. The third-order valence-electron chi connectivity index (χ3n) is 6.99. The minimum Gasteiger partial charge on any atom is -0.508 e. The molecule has 2 N–H and O–H groups in total. The van der Waals surface area contributed by atoms with Crippen LogP contribution in [-0.4, -0.2) is 36.0 Å². The van der Waals surface area contributed by atoms with Crippen molar-refractivity contribution in [3.63, 3.8) is 0 Å². The third kappa shape index (κ3) is 4.41. The highest BCUT2D eigenvalue weighted by Crippen LogP contribution is 2.46. The second kappa shape index (κ2) is 9.41. The number of nitrogens with one attached hydrogen (secondary N) is 1. The Hall–Kier alpha value is -3.09. The molecule has 176 valence electrons. The van der Waals surface area contributed by atoms with Gasteiger partial charge in [0, 0.05) is 22.9 Å². The van der Waals surface area contributed by atoms with E-state index in [9.17, 15) is 19.5 Å². The number of methoxy groups -OCH3 is 1. The second-order valence-electron chi connectivity index (χ2n) is 9.30. The summed E-state index contributed by atoms with van der Waals surface area (Å²) in [4.78, 5) is 39.6. The van der Waals surface area contributed by atoms with Gasteiger partial charge in [0.1, 0.15) is 17.8 Å². The minimum absolute atomic E-state index is 0.0342. The average molecular weight is 454 g/mol. The molecule has 1 saturated carbocycles. The standard InChI is InChI=1S/C26H31NO6/c1-14-12-19-23(24(29)20(14)25(30)32-3)22(16-8-7-9-17(28)13-16)21(15(2)27-19)26(31)33-18-10-5-4-6-11-18/h7-9,13-14,18,20,22,27-28H,4-6,10-12H2,1-3H3/t14-,20-,22-/m0/s1. The van der Waals surface area contributed by atoms with Crippen LogP contribution < -0.4 is 5.32 Å². The summed E-state index contributed by atoms with van der Waals surface area (Å²) in [6.07, 6.45) is 5.18. The summed E-state index contributed by atoms with van der Waals surface area (Å²) in [6, 6.07) is 6.55. The quantitative estimate of drug-likeness (QED) is 0.527. The van der Waals surface area contributed by atoms with Crippen LogP contribution in [-0.2, 0) is 23.9 Å². The average Bonchev–Trinajstić information content (AvgIpc) is 2.78. The maximum atomic E-state index is 13.7. The number of allylic oxidation sites excluding steroid dienone is 3. The molecule has 2 aliphatic carbocycles. The number of dihydropyridines is 1. The Morgan fingerprint density at radius 1 is 1.15 bits per heavy atom. The fourth-order valence-corrected chi connectivity index (χ4v) is 5.39. The van der Waals surface area contributed by atoms with Crippen molar-refractivity contribution in [3.8, 4) is 5.75 Å². The van der Waals surface area contributed by atoms with Gasteiger partial charge in [0.2, 0.25) is 0 Å². The van der Waals surface area contributed by atoms with Gasteiger partial charge in [-0.05, 0) is 62.6 Å². The van der Waals surface area contributed by atoms with Crippen LogP contribution in [0.25, 0.3) is 0 Å². The number of hydrogen-bond acceptors (Lipinski definition) is 7. The van der Waals surface area contributed by atoms with E-state index >= 15 is 0 Å². The number of aromatic hydroxyl groups is 1. The fourth-order valence-electron chi connectivity index (χ4n) is 5.39. The first-order valence-electron chi connectivity index (χ1n) is 11.6. The number of esters is 2. The van der Waals surface area contributed by atoms with Gasteiger partial charge in [-0.25, -0.2) is 4.79 Å². The van der Waals surface area contributed by atoms with Crippen LogP contribution in [0.4, 0.5) is 0 Å². The highest BCUT2D eigenvalue weighted by atomic mass is 16.5. The molecule has 1 aliphatic heterocycles. The molecule has 4 rings (SSSR count). The molecular weight excluding hydrogens is 422 g/mol. The summed E-state index contributed by atoms with van der Waals surface area (Å²) in [7, 11) is 1.27. The van der Waals surface area contributed by atoms with Gasteiger partial charge in [0.15, 0.2) is 5.78 Å². The number of phenolic OH excluding ortho intramolecular Hbond substituents is 1. The van der Waals surface area contributed by atoms with E-state index in [1.807, 2.05) is 6.92 Å². The van der Waals surface area contributed by atoms with Gasteiger partial charge < -0.3 is 19.9 Å². The highest BCUT2D eigenvalue weighted by Gasteiger charge is 2.47. The molecule has 0 saturated heterocycles. The van der Waals surface area contributed by atoms with Crippen molar-refractivity contribution < 1.29 is 29.0 Å². The van der Waals surface area contributed by atoms with E-state index in [1.165, 1.54) is 7.11 Å². The molecular formula is C26H31NO6. The Morgan fingerprint density at radius 2 is 1.88 bits per heavy atom. The Bertz CT molecular complexity index is 1030. The van der Waals surface area contributed by atoms with Gasteiger partial charge in [-0.2, -0.15) is 0 Å². The number of carbonyl (C=O) groups excluding carboxylic acids is 3. The fraction of sp³-hybridized carbons (Fsp3) is 0.500. The third-order valence-corrected chi connectivity index (χ3v) is 6.99. The molecule has 0 spiro atoms. The van der Waals surface area contributed by atoms with Crippen molar-refractivity contribution in [2.45, 2.75) is 64.4 Å². The molecule has 1 fully saturated rings. The number of benzene rings is 1. The number of ether oxygens (including phenoxy) is 2. The largest absolute Gasteiger partial charge is 0.508 e. The summed E-state index contributed by atoms with van der Waals surface area (Å²) in [5.74, 6) is -3.29. The Morgan fingerprint density at radius 3 is 2.55 bits per heavy atom. The monoisotopic (exact) mass is 453 g/mol. The summed E-state index contributed by atoms with van der Waals surface area (Å²) >= 11 is 0. The number of hydrogen-bond donors (Lipinski definition) is 2. The van der Waals surface area contributed by atoms with E-state index < -0.39 is 23.8 Å². The van der Waals surface area contributed by atoms with Crippen LogP contribution in [0.1, 0.15) is 63.9 Å². The van der Waals surface area contributed by atoms with Gasteiger partial charge in [0.05, 0.1) is 12.7 Å². The first-order valence-corrected chi connectivity index (χ1v) is 11.6. The lowest BCUT2D eigenvalue weighted by Crippen LogP contribution is -2.43. The molecule has 33 heavy (non-hydrogen) atoms. The predicted octanol–water partition coefficient (Wildman–Crippen LogP) is 3.88. The van der Waals surface area contributed by atoms with Crippen molar-refractivity contribution in [1.82, 2.24) is 5.32 Å². The first-order chi connectivity index (χ1) is 15.8. The lowest BCUT2D eigenvalue weighted by Gasteiger charge is -2.38. The number of phenols is 1. The zero-order valence-electron chi connectivity index (χ0n) is 19.3. The minimum atomic E-state index is -0.940. The van der Waals surface area contributed by atoms with Crippen LogP contribution in [0.3, 0.4) is 0 Å². The Labute approximate surface area is 193 Å². The molecule has 0 unspecified atom stereocenters. The number of Topliss-reactive ketones (excluding diaryl/α,β-unsaturated/α-hetero) is 1. The summed E-state index contributed by atoms with van der Waals surface area (Å²) in [5, 5.41) is 13.4. The number of rotatable bonds is 4. The van der Waals surface area contributed by atoms with Crippen LogP contribution in [0.2, 0.25) is 0 Å². The molecule has 1 aromatic rings. The van der Waals surface area contributed by atoms with Crippen molar-refractivity contribution in [3.05, 3.63) is 52.4 Å². The molecule has 1 heterocycles. The number of carbonyl (C=O) groups is 3. The zero-order chi connectivity index (χ0) is 23.7. The van der Waals surface area contributed by atoms with E-state index in [1.54, 1.807) is 31.2 Å². The van der Waals surface area contributed by atoms with Crippen LogP contribution in [0.5, 0.6) is 5.75 Å². The molecule has 1 aromatic carbocycles. The topological polar surface area (TPSA) is 102 Å². The van der Waals surface area contributed by atoms with Gasteiger partial charge in [-0.15, -0.1) is 0 Å². The maximum absolute atomic E-state index is 13.7. The van der Waals surface area contributed by atoms with E-state index in [2.05, 4.69) is 5.32 Å². The van der Waals surface area contributed by atoms with Crippen LogP contribution in [0.15, 0.2) is 46.8 Å². The van der Waals surface area contributed by atoms with Crippen molar-refractivity contribution in [2.24, 2.45) is 11.8 Å². The lowest BCUT2D eigenvalue weighted by molar-refractivity contribution is -0.151. The Balaban J connectivity index is 1.78. The smallest absolute Gasteiger partial charge is 0.337 e. The van der Waals surface area contributed by atoms with Crippen molar-refractivity contribution in [1.29, 1.82) is 0 Å².